The van der Waals surface area contributed by atoms with Crippen molar-refractivity contribution in [2.45, 2.75) is 25.4 Å². The second-order valence-corrected chi connectivity index (χ2v) is 5.61. The van der Waals surface area contributed by atoms with Crippen LogP contribution >= 0.6 is 23.2 Å². The van der Waals surface area contributed by atoms with Gasteiger partial charge in [-0.05, 0) is 56.7 Å². The number of piperidine rings is 1. The average Bonchev–Trinajstić information content (AvgIpc) is 2.27. The topological polar surface area (TPSA) is 15.3 Å². The summed E-state index contributed by atoms with van der Waals surface area (Å²) in [5.41, 5.74) is 1.15. The summed E-state index contributed by atoms with van der Waals surface area (Å²) in [6.07, 6.45) is 2.43. The lowest BCUT2D eigenvalue weighted by atomic mass is 10.1. The third-order valence-electron chi connectivity index (χ3n) is 3.24. The molecule has 4 heteroatoms. The maximum absolute atomic E-state index is 5.97. The maximum atomic E-state index is 5.97. The molecule has 2 rings (SSSR count). The van der Waals surface area contributed by atoms with E-state index in [0.717, 1.165) is 12.1 Å². The lowest BCUT2D eigenvalue weighted by Gasteiger charge is -2.29. The zero-order valence-corrected chi connectivity index (χ0v) is 11.6. The fourth-order valence-corrected chi connectivity index (χ4v) is 2.76. The third-order valence-corrected chi connectivity index (χ3v) is 3.67. The van der Waals surface area contributed by atoms with Gasteiger partial charge in [-0.2, -0.15) is 0 Å². The zero-order valence-electron chi connectivity index (χ0n) is 10.0. The Morgan fingerprint density at radius 2 is 1.76 bits per heavy atom. The van der Waals surface area contributed by atoms with Crippen molar-refractivity contribution < 1.29 is 0 Å². The van der Waals surface area contributed by atoms with Crippen molar-refractivity contribution in [3.63, 3.8) is 0 Å². The van der Waals surface area contributed by atoms with E-state index in [9.17, 15) is 0 Å². The van der Waals surface area contributed by atoms with Gasteiger partial charge in [-0.15, -0.1) is 0 Å². The van der Waals surface area contributed by atoms with E-state index in [0.29, 0.717) is 16.1 Å². The van der Waals surface area contributed by atoms with Gasteiger partial charge >= 0.3 is 0 Å². The third kappa shape index (κ3) is 4.14. The molecule has 0 bridgehead atoms. The number of benzene rings is 1. The van der Waals surface area contributed by atoms with E-state index in [1.54, 1.807) is 6.07 Å². The SMILES string of the molecule is CN1CCC(NCc2cc(Cl)cc(Cl)c2)CC1. The normalized spacial score (nSPS) is 18.5. The molecular weight excluding hydrogens is 255 g/mol. The van der Waals surface area contributed by atoms with Gasteiger partial charge < -0.3 is 10.2 Å². The number of rotatable bonds is 3. The molecule has 0 unspecified atom stereocenters. The van der Waals surface area contributed by atoms with Crippen LogP contribution in [0.5, 0.6) is 0 Å². The van der Waals surface area contributed by atoms with Crippen LogP contribution in [0, 0.1) is 0 Å². The first-order chi connectivity index (χ1) is 8.13. The van der Waals surface area contributed by atoms with E-state index >= 15 is 0 Å². The Morgan fingerprint density at radius 1 is 1.18 bits per heavy atom. The summed E-state index contributed by atoms with van der Waals surface area (Å²) in [7, 11) is 2.17. The smallest absolute Gasteiger partial charge is 0.0424 e. The largest absolute Gasteiger partial charge is 0.310 e. The molecule has 1 aromatic carbocycles. The first-order valence-electron chi connectivity index (χ1n) is 6.00. The summed E-state index contributed by atoms with van der Waals surface area (Å²) < 4.78 is 0. The van der Waals surface area contributed by atoms with Crippen molar-refractivity contribution in [3.05, 3.63) is 33.8 Å². The van der Waals surface area contributed by atoms with Gasteiger partial charge in [0.2, 0.25) is 0 Å². The zero-order chi connectivity index (χ0) is 12.3. The molecule has 1 fully saturated rings. The molecule has 1 heterocycles. The average molecular weight is 273 g/mol. The van der Waals surface area contributed by atoms with Gasteiger partial charge in [0.1, 0.15) is 0 Å². The first-order valence-corrected chi connectivity index (χ1v) is 6.76. The van der Waals surface area contributed by atoms with Crippen LogP contribution in [0.3, 0.4) is 0 Å². The number of nitrogens with zero attached hydrogens (tertiary/aromatic N) is 1. The van der Waals surface area contributed by atoms with E-state index in [4.69, 9.17) is 23.2 Å². The summed E-state index contributed by atoms with van der Waals surface area (Å²) in [4.78, 5) is 2.37. The summed E-state index contributed by atoms with van der Waals surface area (Å²) >= 11 is 11.9. The molecule has 94 valence electrons. The van der Waals surface area contributed by atoms with Crippen LogP contribution in [-0.2, 0) is 6.54 Å². The van der Waals surface area contributed by atoms with Crippen molar-refractivity contribution >= 4 is 23.2 Å². The van der Waals surface area contributed by atoms with Crippen molar-refractivity contribution in [2.75, 3.05) is 20.1 Å². The molecular formula is C13H18Cl2N2. The standard InChI is InChI=1S/C13H18Cl2N2/c1-17-4-2-13(3-5-17)16-9-10-6-11(14)8-12(15)7-10/h6-8,13,16H,2-5,9H2,1H3. The second-order valence-electron chi connectivity index (χ2n) is 4.74. The van der Waals surface area contributed by atoms with Gasteiger partial charge in [0.25, 0.3) is 0 Å². The number of halogens is 2. The van der Waals surface area contributed by atoms with Crippen LogP contribution in [0.2, 0.25) is 10.0 Å². The monoisotopic (exact) mass is 272 g/mol. The van der Waals surface area contributed by atoms with Crippen LogP contribution in [-0.4, -0.2) is 31.1 Å². The molecule has 1 aromatic rings. The Morgan fingerprint density at radius 3 is 2.35 bits per heavy atom. The Kier molecular flexibility index (Phi) is 4.69. The van der Waals surface area contributed by atoms with Crippen LogP contribution in [0.15, 0.2) is 18.2 Å². The summed E-state index contributed by atoms with van der Waals surface area (Å²) in [6, 6.07) is 6.32. The van der Waals surface area contributed by atoms with Gasteiger partial charge in [-0.1, -0.05) is 23.2 Å². The molecule has 0 radical (unpaired) electrons. The van der Waals surface area contributed by atoms with Crippen LogP contribution in [0.1, 0.15) is 18.4 Å². The van der Waals surface area contributed by atoms with Gasteiger partial charge in [0.15, 0.2) is 0 Å². The highest BCUT2D eigenvalue weighted by Crippen LogP contribution is 2.19. The summed E-state index contributed by atoms with van der Waals surface area (Å²) in [5, 5.41) is 4.98. The van der Waals surface area contributed by atoms with E-state index < -0.39 is 0 Å². The highest BCUT2D eigenvalue weighted by Gasteiger charge is 2.15. The quantitative estimate of drug-likeness (QED) is 0.910. The predicted octanol–water partition coefficient (Wildman–Crippen LogP) is 3.18. The summed E-state index contributed by atoms with van der Waals surface area (Å²) in [6.45, 7) is 3.19. The first kappa shape index (κ1) is 13.2. The van der Waals surface area contributed by atoms with Crippen LogP contribution < -0.4 is 5.32 Å². The summed E-state index contributed by atoms with van der Waals surface area (Å²) in [5.74, 6) is 0. The number of hydrogen-bond donors (Lipinski definition) is 1. The molecule has 0 atom stereocenters. The molecule has 1 aliphatic rings. The lowest BCUT2D eigenvalue weighted by Crippen LogP contribution is -2.40. The molecule has 0 spiro atoms. The fourth-order valence-electron chi connectivity index (χ4n) is 2.19. The Labute approximate surface area is 113 Å². The van der Waals surface area contributed by atoms with Crippen molar-refractivity contribution in [3.8, 4) is 0 Å². The molecule has 0 amide bonds. The van der Waals surface area contributed by atoms with Crippen LogP contribution in [0.25, 0.3) is 0 Å². The van der Waals surface area contributed by atoms with E-state index in [1.807, 2.05) is 12.1 Å². The molecule has 2 nitrogen and oxygen atoms in total. The van der Waals surface area contributed by atoms with Gasteiger partial charge in [0.05, 0.1) is 0 Å². The van der Waals surface area contributed by atoms with Gasteiger partial charge in [-0.3, -0.25) is 0 Å². The number of nitrogens with one attached hydrogen (secondary N) is 1. The molecule has 0 saturated carbocycles. The Bertz CT molecular complexity index is 353. The van der Waals surface area contributed by atoms with E-state index in [2.05, 4.69) is 17.3 Å². The van der Waals surface area contributed by atoms with Crippen molar-refractivity contribution in [2.24, 2.45) is 0 Å². The minimum Gasteiger partial charge on any atom is -0.310 e. The highest BCUT2D eigenvalue weighted by molar-refractivity contribution is 6.34. The van der Waals surface area contributed by atoms with Gasteiger partial charge in [-0.25, -0.2) is 0 Å². The molecule has 1 aliphatic heterocycles. The molecule has 17 heavy (non-hydrogen) atoms. The Hall–Kier alpha value is -0.280. The van der Waals surface area contributed by atoms with Crippen molar-refractivity contribution in [1.29, 1.82) is 0 Å². The van der Waals surface area contributed by atoms with Crippen molar-refractivity contribution in [1.82, 2.24) is 10.2 Å². The maximum Gasteiger partial charge on any atom is 0.0424 e. The fraction of sp³-hybridized carbons (Fsp3) is 0.538. The molecule has 0 aliphatic carbocycles. The molecule has 1 saturated heterocycles. The highest BCUT2D eigenvalue weighted by atomic mass is 35.5. The Balaban J connectivity index is 1.85. The van der Waals surface area contributed by atoms with Crippen LogP contribution in [0.4, 0.5) is 0 Å². The number of hydrogen-bond acceptors (Lipinski definition) is 2. The van der Waals surface area contributed by atoms with Gasteiger partial charge in [0, 0.05) is 22.6 Å². The molecule has 0 aromatic heterocycles. The van der Waals surface area contributed by atoms with E-state index in [-0.39, 0.29) is 0 Å². The lowest BCUT2D eigenvalue weighted by molar-refractivity contribution is 0.234. The minimum absolute atomic E-state index is 0.615. The minimum atomic E-state index is 0.615. The second kappa shape index (κ2) is 6.05. The number of likely N-dealkylation sites (tertiary alicyclic amines) is 1. The molecule has 1 N–H and O–H groups in total. The van der Waals surface area contributed by atoms with E-state index in [1.165, 1.54) is 25.9 Å². The predicted molar refractivity (Wildman–Crippen MR) is 73.8 cm³/mol.